The second kappa shape index (κ2) is 7.11. The van der Waals surface area contributed by atoms with Gasteiger partial charge in [0, 0.05) is 30.7 Å². The van der Waals surface area contributed by atoms with Gasteiger partial charge in [-0.3, -0.25) is 10.1 Å². The van der Waals surface area contributed by atoms with Gasteiger partial charge < -0.3 is 10.2 Å². The summed E-state index contributed by atoms with van der Waals surface area (Å²) >= 11 is 6.08. The van der Waals surface area contributed by atoms with Gasteiger partial charge in [0.1, 0.15) is 0 Å². The molecule has 23 heavy (non-hydrogen) atoms. The Hall–Kier alpha value is -2.60. The number of carbonyl (C=O) groups is 1. The molecule has 0 saturated heterocycles. The summed E-state index contributed by atoms with van der Waals surface area (Å²) in [5, 5.41) is 14.1. The number of amides is 2. The van der Waals surface area contributed by atoms with Crippen molar-refractivity contribution in [3.63, 3.8) is 0 Å². The number of urea groups is 1. The summed E-state index contributed by atoms with van der Waals surface area (Å²) in [6, 6.07) is 11.2. The quantitative estimate of drug-likeness (QED) is 0.672. The molecule has 0 unspecified atom stereocenters. The molecule has 2 aromatic rings. The normalized spacial score (nSPS) is 10.2. The van der Waals surface area contributed by atoms with Crippen molar-refractivity contribution in [2.75, 3.05) is 12.4 Å². The van der Waals surface area contributed by atoms with E-state index in [2.05, 4.69) is 5.32 Å². The van der Waals surface area contributed by atoms with Gasteiger partial charge in [0.05, 0.1) is 10.6 Å². The van der Waals surface area contributed by atoms with Crippen LogP contribution in [0.4, 0.5) is 16.2 Å². The number of anilines is 1. The van der Waals surface area contributed by atoms with Crippen molar-refractivity contribution in [1.82, 2.24) is 4.90 Å². The molecule has 2 rings (SSSR count). The highest BCUT2D eigenvalue weighted by molar-refractivity contribution is 6.31. The monoisotopic (exact) mass is 333 g/mol. The van der Waals surface area contributed by atoms with Gasteiger partial charge in [-0.05, 0) is 24.1 Å². The first-order valence-corrected chi connectivity index (χ1v) is 7.27. The summed E-state index contributed by atoms with van der Waals surface area (Å²) in [5.41, 5.74) is 1.91. The van der Waals surface area contributed by atoms with Crippen LogP contribution < -0.4 is 5.32 Å². The highest BCUT2D eigenvalue weighted by Crippen LogP contribution is 2.22. The molecular formula is C16H16ClN3O3. The number of aryl methyl sites for hydroxylation is 1. The van der Waals surface area contributed by atoms with Crippen LogP contribution in [0.15, 0.2) is 42.5 Å². The molecule has 2 aromatic carbocycles. The average molecular weight is 334 g/mol. The van der Waals surface area contributed by atoms with Gasteiger partial charge in [0.25, 0.3) is 5.69 Å². The second-order valence-electron chi connectivity index (χ2n) is 5.13. The molecule has 0 radical (unpaired) electrons. The highest BCUT2D eigenvalue weighted by Gasteiger charge is 2.14. The van der Waals surface area contributed by atoms with Crippen LogP contribution in [0.5, 0.6) is 0 Å². The topological polar surface area (TPSA) is 75.5 Å². The molecule has 0 spiro atoms. The highest BCUT2D eigenvalue weighted by atomic mass is 35.5. The van der Waals surface area contributed by atoms with Gasteiger partial charge in [-0.25, -0.2) is 4.79 Å². The molecule has 1 N–H and O–H groups in total. The summed E-state index contributed by atoms with van der Waals surface area (Å²) in [5.74, 6) is 0. The van der Waals surface area contributed by atoms with Crippen LogP contribution in [-0.4, -0.2) is 22.9 Å². The zero-order valence-corrected chi connectivity index (χ0v) is 13.5. The van der Waals surface area contributed by atoms with Crippen molar-refractivity contribution < 1.29 is 9.72 Å². The third-order valence-electron chi connectivity index (χ3n) is 3.39. The molecule has 0 aliphatic rings. The van der Waals surface area contributed by atoms with E-state index in [9.17, 15) is 14.9 Å². The number of rotatable bonds is 4. The van der Waals surface area contributed by atoms with Crippen LogP contribution in [0.3, 0.4) is 0 Å². The maximum atomic E-state index is 12.3. The number of halogens is 1. The number of non-ortho nitro benzene ring substituents is 1. The number of nitro groups is 1. The van der Waals surface area contributed by atoms with Crippen molar-refractivity contribution in [3.8, 4) is 0 Å². The Balaban J connectivity index is 2.11. The molecule has 0 atom stereocenters. The van der Waals surface area contributed by atoms with E-state index in [0.29, 0.717) is 17.3 Å². The minimum absolute atomic E-state index is 0.0698. The van der Waals surface area contributed by atoms with Crippen molar-refractivity contribution in [3.05, 3.63) is 68.7 Å². The Morgan fingerprint density at radius 2 is 2.00 bits per heavy atom. The van der Waals surface area contributed by atoms with E-state index in [1.54, 1.807) is 26.1 Å². The third kappa shape index (κ3) is 4.20. The van der Waals surface area contributed by atoms with Crippen LogP contribution in [0.1, 0.15) is 11.1 Å². The molecule has 6 nitrogen and oxygen atoms in total. The molecule has 0 saturated carbocycles. The Morgan fingerprint density at radius 1 is 1.30 bits per heavy atom. The van der Waals surface area contributed by atoms with Crippen LogP contribution >= 0.6 is 11.6 Å². The van der Waals surface area contributed by atoms with Gasteiger partial charge in [0.2, 0.25) is 0 Å². The van der Waals surface area contributed by atoms with E-state index >= 15 is 0 Å². The lowest BCUT2D eigenvalue weighted by atomic mass is 10.2. The summed E-state index contributed by atoms with van der Waals surface area (Å²) in [4.78, 5) is 24.1. The summed E-state index contributed by atoms with van der Waals surface area (Å²) < 4.78 is 0. The van der Waals surface area contributed by atoms with Gasteiger partial charge >= 0.3 is 6.03 Å². The molecule has 0 fully saturated rings. The first-order chi connectivity index (χ1) is 10.9. The number of nitrogens with zero attached hydrogens (tertiary/aromatic N) is 2. The maximum absolute atomic E-state index is 12.3. The number of nitrogens with one attached hydrogen (secondary N) is 1. The third-order valence-corrected chi connectivity index (χ3v) is 3.75. The first kappa shape index (κ1) is 16.8. The predicted molar refractivity (Wildman–Crippen MR) is 89.8 cm³/mol. The fourth-order valence-electron chi connectivity index (χ4n) is 2.02. The minimum atomic E-state index is -0.497. The molecule has 0 bridgehead atoms. The Bertz CT molecular complexity index is 749. The number of carbonyl (C=O) groups excluding carboxylic acids is 1. The van der Waals surface area contributed by atoms with Crippen LogP contribution in [0, 0.1) is 17.0 Å². The smallest absolute Gasteiger partial charge is 0.321 e. The largest absolute Gasteiger partial charge is 0.323 e. The maximum Gasteiger partial charge on any atom is 0.321 e. The van der Waals surface area contributed by atoms with E-state index < -0.39 is 4.92 Å². The minimum Gasteiger partial charge on any atom is -0.323 e. The van der Waals surface area contributed by atoms with E-state index in [-0.39, 0.29) is 11.7 Å². The number of benzene rings is 2. The SMILES string of the molecule is Cc1ccc([N+](=O)[O-])cc1NC(=O)N(C)Cc1ccccc1Cl. The van der Waals surface area contributed by atoms with Crippen LogP contribution in [-0.2, 0) is 6.54 Å². The standard InChI is InChI=1S/C16H16ClN3O3/c1-11-7-8-13(20(22)23)9-15(11)18-16(21)19(2)10-12-5-3-4-6-14(12)17/h3-9H,10H2,1-2H3,(H,18,21). The van der Waals surface area contributed by atoms with Crippen molar-refractivity contribution in [1.29, 1.82) is 0 Å². The van der Waals surface area contributed by atoms with Gasteiger partial charge in [-0.15, -0.1) is 0 Å². The molecule has 7 heteroatoms. The van der Waals surface area contributed by atoms with E-state index in [1.807, 2.05) is 18.2 Å². The molecule has 0 heterocycles. The molecule has 0 aliphatic carbocycles. The molecule has 120 valence electrons. The first-order valence-electron chi connectivity index (χ1n) is 6.89. The Labute approximate surface area is 138 Å². The van der Waals surface area contributed by atoms with Gasteiger partial charge in [0.15, 0.2) is 0 Å². The van der Waals surface area contributed by atoms with E-state index in [4.69, 9.17) is 11.6 Å². The van der Waals surface area contributed by atoms with Crippen LogP contribution in [0.25, 0.3) is 0 Å². The average Bonchev–Trinajstić information content (AvgIpc) is 2.51. The molecule has 2 amide bonds. The van der Waals surface area contributed by atoms with Gasteiger partial charge in [-0.2, -0.15) is 0 Å². The van der Waals surface area contributed by atoms with Crippen molar-refractivity contribution in [2.24, 2.45) is 0 Å². The lowest BCUT2D eigenvalue weighted by Crippen LogP contribution is -2.31. The zero-order chi connectivity index (χ0) is 17.0. The summed E-state index contributed by atoms with van der Waals surface area (Å²) in [7, 11) is 1.63. The number of nitro benzene ring substituents is 1. The molecule has 0 aliphatic heterocycles. The van der Waals surface area contributed by atoms with E-state index in [1.165, 1.54) is 17.0 Å². The van der Waals surface area contributed by atoms with E-state index in [0.717, 1.165) is 11.1 Å². The van der Waals surface area contributed by atoms with Gasteiger partial charge in [-0.1, -0.05) is 35.9 Å². The Morgan fingerprint density at radius 3 is 2.65 bits per heavy atom. The fraction of sp³-hybridized carbons (Fsp3) is 0.188. The predicted octanol–water partition coefficient (Wildman–Crippen LogP) is 4.22. The lowest BCUT2D eigenvalue weighted by Gasteiger charge is -2.19. The molecular weight excluding hydrogens is 318 g/mol. The van der Waals surface area contributed by atoms with Crippen LogP contribution in [0.2, 0.25) is 5.02 Å². The summed E-state index contributed by atoms with van der Waals surface area (Å²) in [6.07, 6.45) is 0. The lowest BCUT2D eigenvalue weighted by molar-refractivity contribution is -0.384. The Kier molecular flexibility index (Phi) is 5.18. The number of hydrogen-bond donors (Lipinski definition) is 1. The fourth-order valence-corrected chi connectivity index (χ4v) is 2.22. The zero-order valence-electron chi connectivity index (χ0n) is 12.7. The van der Waals surface area contributed by atoms with Crippen molar-refractivity contribution >= 4 is 29.0 Å². The summed E-state index contributed by atoms with van der Waals surface area (Å²) in [6.45, 7) is 2.10. The second-order valence-corrected chi connectivity index (χ2v) is 5.54. The van der Waals surface area contributed by atoms with Crippen molar-refractivity contribution in [2.45, 2.75) is 13.5 Å². The number of hydrogen-bond acceptors (Lipinski definition) is 3. The molecule has 0 aromatic heterocycles.